The number of rotatable bonds is 0. The van der Waals surface area contributed by atoms with Crippen molar-refractivity contribution < 1.29 is 27.9 Å². The van der Waals surface area contributed by atoms with Crippen LogP contribution in [0.5, 0.6) is 5.75 Å². The van der Waals surface area contributed by atoms with Crippen molar-refractivity contribution in [3.8, 4) is 5.75 Å². The number of hydrogen-bond donors (Lipinski definition) is 2. The van der Waals surface area contributed by atoms with Gasteiger partial charge in [0.05, 0.1) is 0 Å². The first-order valence-corrected chi connectivity index (χ1v) is 7.10. The van der Waals surface area contributed by atoms with Gasteiger partial charge < -0.3 is 15.3 Å². The minimum atomic E-state index is -4.64. The van der Waals surface area contributed by atoms with Crippen molar-refractivity contribution in [1.29, 1.82) is 0 Å². The van der Waals surface area contributed by atoms with E-state index in [-0.39, 0.29) is 17.7 Å². The summed E-state index contributed by atoms with van der Waals surface area (Å²) in [5.41, 5.74) is 2.49. The third-order valence-corrected chi connectivity index (χ3v) is 3.89. The molecule has 0 unspecified atom stereocenters. The molecule has 0 aliphatic carbocycles. The number of halogens is 3. The van der Waals surface area contributed by atoms with Crippen LogP contribution in [0, 0.1) is 6.92 Å². The topological polar surface area (TPSA) is 69.6 Å². The highest BCUT2D eigenvalue weighted by Gasteiger charge is 2.35. The lowest BCUT2D eigenvalue weighted by Crippen LogP contribution is -2.56. The summed E-state index contributed by atoms with van der Waals surface area (Å²) in [5.74, 6) is 0.329. The summed E-state index contributed by atoms with van der Waals surface area (Å²) in [5, 5.41) is 13.2. The number of amides is 1. The van der Waals surface area contributed by atoms with Crippen LogP contribution < -0.4 is 5.32 Å². The number of piperazine rings is 1. The van der Waals surface area contributed by atoms with Crippen LogP contribution in [-0.4, -0.2) is 54.1 Å². The van der Waals surface area contributed by atoms with Crippen molar-refractivity contribution in [3.63, 3.8) is 0 Å². The van der Waals surface area contributed by atoms with Gasteiger partial charge in [0.1, 0.15) is 5.75 Å². The molecule has 1 aromatic rings. The minimum absolute atomic E-state index is 0.0751. The maximum absolute atomic E-state index is 12.4. The van der Waals surface area contributed by atoms with Crippen molar-refractivity contribution in [2.75, 3.05) is 19.6 Å². The molecule has 3 rings (SSSR count). The zero-order chi connectivity index (χ0) is 17.2. The van der Waals surface area contributed by atoms with Gasteiger partial charge in [-0.2, -0.15) is 13.2 Å². The Morgan fingerprint density at radius 1 is 1.39 bits per heavy atom. The number of hydrogen-bond acceptors (Lipinski definition) is 4. The molecular weight excluding hydrogens is 313 g/mol. The molecule has 1 amide bonds. The van der Waals surface area contributed by atoms with Gasteiger partial charge in [-0.3, -0.25) is 9.59 Å². The molecular formula is C15H17F3N2O3. The number of aldehydes is 1. The predicted molar refractivity (Wildman–Crippen MR) is 76.4 cm³/mol. The molecule has 5 nitrogen and oxygen atoms in total. The zero-order valence-corrected chi connectivity index (χ0v) is 12.5. The zero-order valence-electron chi connectivity index (χ0n) is 12.5. The SMILES string of the molecule is Cc1ccc(O)c2c1C(=O)N1CCNC[C@H]1C2.O=CC(F)(F)F. The van der Waals surface area contributed by atoms with Gasteiger partial charge in [-0.1, -0.05) is 6.07 Å². The van der Waals surface area contributed by atoms with Crippen LogP contribution in [0.15, 0.2) is 12.1 Å². The van der Waals surface area contributed by atoms with Crippen LogP contribution in [0.2, 0.25) is 0 Å². The Kier molecular flexibility index (Phi) is 4.93. The lowest BCUT2D eigenvalue weighted by Gasteiger charge is -2.40. The molecule has 0 aromatic heterocycles. The lowest BCUT2D eigenvalue weighted by molar-refractivity contribution is -0.156. The van der Waals surface area contributed by atoms with Gasteiger partial charge in [0.15, 0.2) is 0 Å². The summed E-state index contributed by atoms with van der Waals surface area (Å²) in [6.07, 6.45) is -4.95. The summed E-state index contributed by atoms with van der Waals surface area (Å²) in [6.45, 7) is 4.37. The van der Waals surface area contributed by atoms with E-state index in [2.05, 4.69) is 5.32 Å². The summed E-state index contributed by atoms with van der Waals surface area (Å²) in [7, 11) is 0. The van der Waals surface area contributed by atoms with E-state index in [1.807, 2.05) is 17.9 Å². The molecule has 1 atom stereocenters. The van der Waals surface area contributed by atoms with Gasteiger partial charge in [0.2, 0.25) is 6.29 Å². The molecule has 0 saturated carbocycles. The smallest absolute Gasteiger partial charge is 0.446 e. The number of alkyl halides is 3. The predicted octanol–water partition coefficient (Wildman–Crippen LogP) is 1.42. The molecule has 8 heteroatoms. The van der Waals surface area contributed by atoms with E-state index in [0.717, 1.165) is 37.2 Å². The summed E-state index contributed by atoms with van der Waals surface area (Å²) >= 11 is 0. The number of aromatic hydroxyl groups is 1. The number of phenolic OH excluding ortho intramolecular Hbond substituents is 1. The van der Waals surface area contributed by atoms with E-state index in [0.29, 0.717) is 5.56 Å². The number of carbonyl (C=O) groups is 2. The molecule has 0 spiro atoms. The van der Waals surface area contributed by atoms with Gasteiger partial charge in [-0.05, 0) is 25.0 Å². The van der Waals surface area contributed by atoms with Crippen LogP contribution >= 0.6 is 0 Å². The third kappa shape index (κ3) is 3.82. The standard InChI is InChI=1S/C13H16N2O2.C2HF3O/c1-8-2-3-11(16)10-6-9-7-14-4-5-15(9)13(17)12(8)10;3-2(4,5)1-6/h2-3,9,14,16H,4-7H2,1H3;1H/t9-;/m1./s1. The maximum Gasteiger partial charge on any atom is 0.446 e. The van der Waals surface area contributed by atoms with Crippen molar-refractivity contribution in [1.82, 2.24) is 10.2 Å². The van der Waals surface area contributed by atoms with E-state index in [4.69, 9.17) is 4.79 Å². The summed E-state index contributed by atoms with van der Waals surface area (Å²) in [4.78, 5) is 23.0. The van der Waals surface area contributed by atoms with Crippen molar-refractivity contribution >= 4 is 12.2 Å². The molecule has 0 bridgehead atoms. The number of aryl methyl sites for hydroxylation is 1. The second-order valence-electron chi connectivity index (χ2n) is 5.48. The van der Waals surface area contributed by atoms with E-state index < -0.39 is 12.5 Å². The molecule has 2 aliphatic heterocycles. The highest BCUT2D eigenvalue weighted by molar-refractivity contribution is 5.99. The molecule has 2 heterocycles. The molecule has 0 radical (unpaired) electrons. The highest BCUT2D eigenvalue weighted by atomic mass is 19.4. The van der Waals surface area contributed by atoms with E-state index in [9.17, 15) is 23.1 Å². The fraction of sp³-hybridized carbons (Fsp3) is 0.467. The highest BCUT2D eigenvalue weighted by Crippen LogP contribution is 2.32. The second-order valence-corrected chi connectivity index (χ2v) is 5.48. The lowest BCUT2D eigenvalue weighted by atomic mass is 9.89. The number of nitrogens with zero attached hydrogens (tertiary/aromatic N) is 1. The van der Waals surface area contributed by atoms with Crippen LogP contribution in [0.1, 0.15) is 21.5 Å². The first kappa shape index (κ1) is 17.3. The molecule has 1 aromatic carbocycles. The van der Waals surface area contributed by atoms with Crippen LogP contribution in [0.4, 0.5) is 13.2 Å². The Labute approximate surface area is 131 Å². The average Bonchev–Trinajstić information content (AvgIpc) is 2.51. The Hall–Kier alpha value is -2.09. The molecule has 2 aliphatic rings. The maximum atomic E-state index is 12.4. The van der Waals surface area contributed by atoms with Crippen LogP contribution in [-0.2, 0) is 11.2 Å². The van der Waals surface area contributed by atoms with Gasteiger partial charge in [-0.15, -0.1) is 0 Å². The third-order valence-electron chi connectivity index (χ3n) is 3.89. The van der Waals surface area contributed by atoms with Crippen molar-refractivity contribution in [3.05, 3.63) is 28.8 Å². The van der Waals surface area contributed by atoms with Crippen LogP contribution in [0.3, 0.4) is 0 Å². The molecule has 126 valence electrons. The number of fused-ring (bicyclic) bond motifs is 2. The van der Waals surface area contributed by atoms with Crippen LogP contribution in [0.25, 0.3) is 0 Å². The Morgan fingerprint density at radius 2 is 2.04 bits per heavy atom. The van der Waals surface area contributed by atoms with Crippen molar-refractivity contribution in [2.24, 2.45) is 0 Å². The molecule has 2 N–H and O–H groups in total. The summed E-state index contributed by atoms with van der Waals surface area (Å²) in [6, 6.07) is 3.69. The Bertz CT molecular complexity index is 617. The number of phenols is 1. The number of carbonyl (C=O) groups excluding carboxylic acids is 2. The number of benzene rings is 1. The Morgan fingerprint density at radius 3 is 2.65 bits per heavy atom. The van der Waals surface area contributed by atoms with Gasteiger partial charge in [0.25, 0.3) is 5.91 Å². The quantitative estimate of drug-likeness (QED) is 0.706. The first-order chi connectivity index (χ1) is 10.7. The molecule has 1 fully saturated rings. The van der Waals surface area contributed by atoms with Gasteiger partial charge >= 0.3 is 6.18 Å². The van der Waals surface area contributed by atoms with Crippen molar-refractivity contribution in [2.45, 2.75) is 25.6 Å². The molecule has 23 heavy (non-hydrogen) atoms. The van der Waals surface area contributed by atoms with E-state index in [1.165, 1.54) is 0 Å². The normalized spacial score (nSPS) is 20.1. The van der Waals surface area contributed by atoms with E-state index >= 15 is 0 Å². The fourth-order valence-electron chi connectivity index (χ4n) is 2.85. The number of nitrogens with one attached hydrogen (secondary N) is 1. The van der Waals surface area contributed by atoms with E-state index in [1.54, 1.807) is 6.07 Å². The second kappa shape index (κ2) is 6.57. The summed E-state index contributed by atoms with van der Waals surface area (Å²) < 4.78 is 31.2. The first-order valence-electron chi connectivity index (χ1n) is 7.10. The Balaban J connectivity index is 0.000000277. The minimum Gasteiger partial charge on any atom is -0.508 e. The average molecular weight is 330 g/mol. The largest absolute Gasteiger partial charge is 0.508 e. The monoisotopic (exact) mass is 330 g/mol. The van der Waals surface area contributed by atoms with Gasteiger partial charge in [-0.25, -0.2) is 0 Å². The fourth-order valence-corrected chi connectivity index (χ4v) is 2.85. The van der Waals surface area contributed by atoms with Gasteiger partial charge in [0, 0.05) is 36.8 Å². The molecule has 1 saturated heterocycles.